The summed E-state index contributed by atoms with van der Waals surface area (Å²) in [4.78, 5) is 18.2. The fourth-order valence-corrected chi connectivity index (χ4v) is 2.80. The summed E-state index contributed by atoms with van der Waals surface area (Å²) in [6, 6.07) is 11.6. The number of anilines is 1. The minimum atomic E-state index is -1.75. The van der Waals surface area contributed by atoms with Crippen LogP contribution in [0.25, 0.3) is 11.4 Å². The van der Waals surface area contributed by atoms with Crippen LogP contribution in [-0.4, -0.2) is 26.2 Å². The van der Waals surface area contributed by atoms with E-state index in [-0.39, 0.29) is 5.82 Å². The largest absolute Gasteiger partial charge is 0.350 e. The number of hydrogen-bond donors (Lipinski definition) is 1. The van der Waals surface area contributed by atoms with Gasteiger partial charge in [0.25, 0.3) is 0 Å². The number of thioether (sulfide) groups is 1. The van der Waals surface area contributed by atoms with Gasteiger partial charge in [-0.3, -0.25) is 4.98 Å². The summed E-state index contributed by atoms with van der Waals surface area (Å²) in [6.07, 6.45) is 5.48. The van der Waals surface area contributed by atoms with Crippen LogP contribution in [0.2, 0.25) is 0 Å². The minimum absolute atomic E-state index is 0.0649. The van der Waals surface area contributed by atoms with E-state index in [1.54, 1.807) is 24.2 Å². The number of nitrogens with one attached hydrogen (secondary N) is 1. The Morgan fingerprint density at radius 1 is 1.04 bits per heavy atom. The number of pyridine rings is 1. The Morgan fingerprint density at radius 3 is 2.42 bits per heavy atom. The van der Waals surface area contributed by atoms with E-state index in [1.165, 1.54) is 0 Å². The molecule has 1 aromatic carbocycles. The molecular formula is C17H14Cl3N5S. The molecule has 0 spiro atoms. The van der Waals surface area contributed by atoms with Gasteiger partial charge < -0.3 is 5.32 Å². The summed E-state index contributed by atoms with van der Waals surface area (Å²) in [5.74, 6) is 0.826. The van der Waals surface area contributed by atoms with E-state index < -0.39 is 3.79 Å². The summed E-state index contributed by atoms with van der Waals surface area (Å²) in [5.41, 5.74) is 1.79. The average Bonchev–Trinajstić information content (AvgIpc) is 2.66. The highest BCUT2D eigenvalue weighted by molar-refractivity contribution is 7.98. The standard InChI is InChI=1S/C17H14Cl3N5S/c1-26-13-6-4-12(5-7-13)14-23-15(17(18,19)20)25-16(24-14)22-10-11-3-2-8-21-9-11/h2-9H,10H2,1H3,(H,22,23,24,25). The molecule has 3 aromatic rings. The molecule has 5 nitrogen and oxygen atoms in total. The van der Waals surface area contributed by atoms with Crippen LogP contribution in [0.5, 0.6) is 0 Å². The Kier molecular flexibility index (Phi) is 6.19. The van der Waals surface area contributed by atoms with Gasteiger partial charge in [0, 0.05) is 29.4 Å². The zero-order chi connectivity index (χ0) is 18.6. The van der Waals surface area contributed by atoms with Crippen molar-refractivity contribution in [2.24, 2.45) is 0 Å². The third-order valence-corrected chi connectivity index (χ3v) is 4.66. The lowest BCUT2D eigenvalue weighted by Gasteiger charge is -2.13. The van der Waals surface area contributed by atoms with Gasteiger partial charge in [-0.15, -0.1) is 11.8 Å². The van der Waals surface area contributed by atoms with Gasteiger partial charge in [0.15, 0.2) is 11.6 Å². The van der Waals surface area contributed by atoms with Gasteiger partial charge in [-0.25, -0.2) is 4.98 Å². The lowest BCUT2D eigenvalue weighted by atomic mass is 10.2. The number of aromatic nitrogens is 4. The fourth-order valence-electron chi connectivity index (χ4n) is 2.13. The van der Waals surface area contributed by atoms with E-state index >= 15 is 0 Å². The summed E-state index contributed by atoms with van der Waals surface area (Å²) < 4.78 is -1.75. The quantitative estimate of drug-likeness (QED) is 0.452. The van der Waals surface area contributed by atoms with Crippen LogP contribution in [0.3, 0.4) is 0 Å². The van der Waals surface area contributed by atoms with Crippen molar-refractivity contribution < 1.29 is 0 Å². The molecule has 0 radical (unpaired) electrons. The van der Waals surface area contributed by atoms with Crippen molar-refractivity contribution in [1.82, 2.24) is 19.9 Å². The first-order valence-corrected chi connectivity index (χ1v) is 9.92. The number of benzene rings is 1. The molecule has 0 atom stereocenters. The van der Waals surface area contributed by atoms with Crippen molar-refractivity contribution in [2.75, 3.05) is 11.6 Å². The van der Waals surface area contributed by atoms with Crippen LogP contribution in [0.1, 0.15) is 11.4 Å². The summed E-state index contributed by atoms with van der Waals surface area (Å²) in [6.45, 7) is 0.488. The lowest BCUT2D eigenvalue weighted by molar-refractivity contribution is 0.912. The van der Waals surface area contributed by atoms with Crippen molar-refractivity contribution in [2.45, 2.75) is 15.2 Å². The maximum Gasteiger partial charge on any atom is 0.250 e. The first-order valence-electron chi connectivity index (χ1n) is 7.56. The Balaban J connectivity index is 1.93. The maximum absolute atomic E-state index is 5.99. The van der Waals surface area contributed by atoms with Gasteiger partial charge in [-0.1, -0.05) is 53.0 Å². The second-order valence-electron chi connectivity index (χ2n) is 5.25. The summed E-state index contributed by atoms with van der Waals surface area (Å²) >= 11 is 19.6. The Labute approximate surface area is 170 Å². The predicted octanol–water partition coefficient (Wildman–Crippen LogP) is 5.09. The van der Waals surface area contributed by atoms with E-state index in [9.17, 15) is 0 Å². The number of hydrogen-bond acceptors (Lipinski definition) is 6. The van der Waals surface area contributed by atoms with Crippen LogP contribution in [-0.2, 0) is 10.3 Å². The maximum atomic E-state index is 5.99. The molecule has 134 valence electrons. The highest BCUT2D eigenvalue weighted by Gasteiger charge is 2.28. The number of alkyl halides is 3. The van der Waals surface area contributed by atoms with E-state index in [1.807, 2.05) is 42.7 Å². The van der Waals surface area contributed by atoms with Crippen LogP contribution >= 0.6 is 46.6 Å². The molecule has 0 aliphatic heterocycles. The molecule has 0 aliphatic rings. The van der Waals surface area contributed by atoms with E-state index in [4.69, 9.17) is 34.8 Å². The number of rotatable bonds is 5. The molecule has 9 heteroatoms. The minimum Gasteiger partial charge on any atom is -0.350 e. The molecule has 2 aromatic heterocycles. The molecule has 0 unspecified atom stereocenters. The van der Waals surface area contributed by atoms with Gasteiger partial charge in [0.1, 0.15) is 0 Å². The van der Waals surface area contributed by atoms with E-state index in [2.05, 4.69) is 25.3 Å². The molecule has 1 N–H and O–H groups in total. The van der Waals surface area contributed by atoms with Crippen molar-refractivity contribution in [1.29, 1.82) is 0 Å². The zero-order valence-corrected chi connectivity index (χ0v) is 16.7. The molecule has 0 fully saturated rings. The average molecular weight is 427 g/mol. The van der Waals surface area contributed by atoms with Crippen LogP contribution in [0.4, 0.5) is 5.95 Å². The molecule has 0 bridgehead atoms. The van der Waals surface area contributed by atoms with Crippen molar-refractivity contribution in [3.63, 3.8) is 0 Å². The molecule has 0 saturated carbocycles. The first kappa shape index (κ1) is 19.2. The molecule has 0 saturated heterocycles. The first-order chi connectivity index (χ1) is 12.5. The summed E-state index contributed by atoms with van der Waals surface area (Å²) in [7, 11) is 0. The van der Waals surface area contributed by atoms with Crippen LogP contribution in [0.15, 0.2) is 53.7 Å². The predicted molar refractivity (Wildman–Crippen MR) is 108 cm³/mol. The Hall–Kier alpha value is -1.60. The molecule has 0 amide bonds. The monoisotopic (exact) mass is 425 g/mol. The van der Waals surface area contributed by atoms with Crippen molar-refractivity contribution in [3.05, 3.63) is 60.2 Å². The normalized spacial score (nSPS) is 11.4. The van der Waals surface area contributed by atoms with Crippen LogP contribution in [0, 0.1) is 0 Å². The lowest BCUT2D eigenvalue weighted by Crippen LogP contribution is -2.13. The van der Waals surface area contributed by atoms with Gasteiger partial charge in [-0.2, -0.15) is 9.97 Å². The third-order valence-electron chi connectivity index (χ3n) is 3.41. The molecule has 3 rings (SSSR count). The fraction of sp³-hybridized carbons (Fsp3) is 0.176. The summed E-state index contributed by atoms with van der Waals surface area (Å²) in [5, 5.41) is 3.12. The smallest absolute Gasteiger partial charge is 0.250 e. The molecule has 2 heterocycles. The second kappa shape index (κ2) is 8.39. The van der Waals surface area contributed by atoms with E-state index in [0.29, 0.717) is 18.3 Å². The van der Waals surface area contributed by atoms with E-state index in [0.717, 1.165) is 16.0 Å². The van der Waals surface area contributed by atoms with Gasteiger partial charge in [0.2, 0.25) is 9.74 Å². The van der Waals surface area contributed by atoms with Crippen molar-refractivity contribution >= 4 is 52.5 Å². The number of halogens is 3. The van der Waals surface area contributed by atoms with Gasteiger partial charge in [0.05, 0.1) is 0 Å². The highest BCUT2D eigenvalue weighted by atomic mass is 35.6. The Morgan fingerprint density at radius 2 is 1.81 bits per heavy atom. The number of nitrogens with zero attached hydrogens (tertiary/aromatic N) is 4. The zero-order valence-electron chi connectivity index (χ0n) is 13.7. The Bertz CT molecular complexity index is 870. The highest BCUT2D eigenvalue weighted by Crippen LogP contribution is 2.37. The van der Waals surface area contributed by atoms with Crippen molar-refractivity contribution in [3.8, 4) is 11.4 Å². The molecule has 26 heavy (non-hydrogen) atoms. The molecular weight excluding hydrogens is 413 g/mol. The third kappa shape index (κ3) is 4.98. The second-order valence-corrected chi connectivity index (χ2v) is 8.41. The van der Waals surface area contributed by atoms with Gasteiger partial charge in [-0.05, 0) is 30.0 Å². The topological polar surface area (TPSA) is 63.6 Å². The SMILES string of the molecule is CSc1ccc(-c2nc(NCc3cccnc3)nc(C(Cl)(Cl)Cl)n2)cc1. The van der Waals surface area contributed by atoms with Gasteiger partial charge >= 0.3 is 0 Å². The van der Waals surface area contributed by atoms with Crippen LogP contribution < -0.4 is 5.32 Å². The molecule has 0 aliphatic carbocycles.